The van der Waals surface area contributed by atoms with E-state index < -0.39 is 29.1 Å². The van der Waals surface area contributed by atoms with Gasteiger partial charge >= 0.3 is 0 Å². The summed E-state index contributed by atoms with van der Waals surface area (Å²) < 4.78 is 45.7. The Balaban J connectivity index is 2.47. The molecule has 6 heteroatoms. The fraction of sp³-hybridized carbons (Fsp3) is 0.143. The molecule has 1 atom stereocenters. The molecule has 2 nitrogen and oxygen atoms in total. The monoisotopic (exact) mass is 346 g/mol. The number of methoxy groups -OCH3 is 1. The van der Waals surface area contributed by atoms with E-state index >= 15 is 0 Å². The number of hydrogen-bond acceptors (Lipinski definition) is 2. The van der Waals surface area contributed by atoms with Crippen LogP contribution in [0.15, 0.2) is 34.8 Å². The number of benzene rings is 2. The number of ether oxygens (including phenoxy) is 1. The van der Waals surface area contributed by atoms with Gasteiger partial charge in [-0.25, -0.2) is 13.2 Å². The minimum atomic E-state index is -1.54. The van der Waals surface area contributed by atoms with Gasteiger partial charge in [0.1, 0.15) is 29.3 Å². The maximum Gasteiger partial charge on any atom is 0.137 e. The molecule has 106 valence electrons. The quantitative estimate of drug-likeness (QED) is 0.911. The molecule has 0 aromatic heterocycles. The first kappa shape index (κ1) is 14.9. The Hall–Kier alpha value is -1.53. The Labute approximate surface area is 121 Å². The first-order valence-corrected chi connectivity index (χ1v) is 6.39. The largest absolute Gasteiger partial charge is 0.497 e. The third-order valence-electron chi connectivity index (χ3n) is 2.82. The van der Waals surface area contributed by atoms with Crippen LogP contribution < -0.4 is 4.74 Å². The molecule has 0 heterocycles. The van der Waals surface area contributed by atoms with E-state index in [9.17, 15) is 18.3 Å². The van der Waals surface area contributed by atoms with E-state index in [4.69, 9.17) is 4.74 Å². The zero-order valence-electron chi connectivity index (χ0n) is 10.3. The van der Waals surface area contributed by atoms with Crippen molar-refractivity contribution in [2.75, 3.05) is 7.11 Å². The number of halogens is 4. The number of hydrogen-bond donors (Lipinski definition) is 1. The molecule has 0 saturated heterocycles. The fourth-order valence-corrected chi connectivity index (χ4v) is 2.19. The van der Waals surface area contributed by atoms with Gasteiger partial charge in [-0.2, -0.15) is 0 Å². The van der Waals surface area contributed by atoms with Crippen LogP contribution in [-0.4, -0.2) is 12.2 Å². The van der Waals surface area contributed by atoms with E-state index in [1.807, 2.05) is 0 Å². The predicted molar refractivity (Wildman–Crippen MR) is 71.1 cm³/mol. The molecule has 1 N–H and O–H groups in total. The maximum atomic E-state index is 13.8. The van der Waals surface area contributed by atoms with Gasteiger partial charge in [-0.15, -0.1) is 0 Å². The van der Waals surface area contributed by atoms with Gasteiger partial charge in [-0.3, -0.25) is 0 Å². The number of aliphatic hydroxyl groups excluding tert-OH is 1. The SMILES string of the molecule is COc1cc(F)c(C(O)c2ccc(F)c(Br)c2)c(F)c1. The third kappa shape index (κ3) is 2.81. The molecule has 0 aliphatic heterocycles. The summed E-state index contributed by atoms with van der Waals surface area (Å²) in [6.07, 6.45) is -1.54. The van der Waals surface area contributed by atoms with Gasteiger partial charge in [0.2, 0.25) is 0 Å². The minimum absolute atomic E-state index is 0.0104. The van der Waals surface area contributed by atoms with Gasteiger partial charge in [0, 0.05) is 12.1 Å². The molecule has 0 bridgehead atoms. The zero-order valence-corrected chi connectivity index (χ0v) is 11.9. The average molecular weight is 347 g/mol. The molecule has 0 spiro atoms. The van der Waals surface area contributed by atoms with Crippen LogP contribution in [0.5, 0.6) is 5.75 Å². The van der Waals surface area contributed by atoms with Gasteiger partial charge in [0.05, 0.1) is 17.1 Å². The van der Waals surface area contributed by atoms with E-state index in [1.165, 1.54) is 19.2 Å². The van der Waals surface area contributed by atoms with Gasteiger partial charge in [0.15, 0.2) is 0 Å². The van der Waals surface area contributed by atoms with Crippen LogP contribution in [0.25, 0.3) is 0 Å². The molecule has 2 rings (SSSR count). The fourth-order valence-electron chi connectivity index (χ4n) is 1.79. The molecule has 0 aliphatic rings. The zero-order chi connectivity index (χ0) is 14.9. The smallest absolute Gasteiger partial charge is 0.137 e. The lowest BCUT2D eigenvalue weighted by molar-refractivity contribution is 0.208. The van der Waals surface area contributed by atoms with Crippen molar-refractivity contribution in [3.05, 3.63) is 63.4 Å². The summed E-state index contributed by atoms with van der Waals surface area (Å²) in [5.41, 5.74) is -0.342. The van der Waals surface area contributed by atoms with Crippen LogP contribution in [0.4, 0.5) is 13.2 Å². The van der Waals surface area contributed by atoms with Crippen LogP contribution in [0.3, 0.4) is 0 Å². The van der Waals surface area contributed by atoms with Gasteiger partial charge in [-0.05, 0) is 33.6 Å². The lowest BCUT2D eigenvalue weighted by Crippen LogP contribution is -2.06. The van der Waals surface area contributed by atoms with Crippen LogP contribution in [0.2, 0.25) is 0 Å². The van der Waals surface area contributed by atoms with Crippen molar-refractivity contribution in [3.63, 3.8) is 0 Å². The normalized spacial score (nSPS) is 12.3. The summed E-state index contributed by atoms with van der Waals surface area (Å²) >= 11 is 2.95. The number of aliphatic hydroxyl groups is 1. The molecule has 0 radical (unpaired) electrons. The van der Waals surface area contributed by atoms with Crippen molar-refractivity contribution in [2.45, 2.75) is 6.10 Å². The first-order valence-electron chi connectivity index (χ1n) is 5.60. The van der Waals surface area contributed by atoms with Gasteiger partial charge in [-0.1, -0.05) is 6.07 Å². The van der Waals surface area contributed by atoms with Crippen molar-refractivity contribution in [1.29, 1.82) is 0 Å². The summed E-state index contributed by atoms with van der Waals surface area (Å²) in [6, 6.07) is 5.57. The van der Waals surface area contributed by atoms with Crippen LogP contribution >= 0.6 is 15.9 Å². The van der Waals surface area contributed by atoms with E-state index in [2.05, 4.69) is 15.9 Å². The topological polar surface area (TPSA) is 29.5 Å². The molecular formula is C14H10BrF3O2. The van der Waals surface area contributed by atoms with Crippen LogP contribution in [0, 0.1) is 17.5 Å². The van der Waals surface area contributed by atoms with E-state index in [1.54, 1.807) is 0 Å². The second-order valence-electron chi connectivity index (χ2n) is 4.08. The third-order valence-corrected chi connectivity index (χ3v) is 3.43. The Bertz CT molecular complexity index is 623. The van der Waals surface area contributed by atoms with Crippen LogP contribution in [-0.2, 0) is 0 Å². The standard InChI is InChI=1S/C14H10BrF3O2/c1-20-8-5-11(17)13(12(18)6-8)14(19)7-2-3-10(16)9(15)4-7/h2-6,14,19H,1H3. The molecular weight excluding hydrogens is 337 g/mol. The summed E-state index contributed by atoms with van der Waals surface area (Å²) in [6.45, 7) is 0. The van der Waals surface area contributed by atoms with Gasteiger partial charge < -0.3 is 9.84 Å². The molecule has 2 aromatic rings. The van der Waals surface area contributed by atoms with E-state index in [0.29, 0.717) is 0 Å². The summed E-state index contributed by atoms with van der Waals surface area (Å²) in [4.78, 5) is 0. The van der Waals surface area contributed by atoms with Crippen molar-refractivity contribution in [1.82, 2.24) is 0 Å². The predicted octanol–water partition coefficient (Wildman–Crippen LogP) is 3.96. The van der Waals surface area contributed by atoms with E-state index in [0.717, 1.165) is 18.2 Å². The van der Waals surface area contributed by atoms with Crippen LogP contribution in [0.1, 0.15) is 17.2 Å². The molecule has 2 aromatic carbocycles. The number of rotatable bonds is 3. The second-order valence-corrected chi connectivity index (χ2v) is 4.94. The summed E-state index contributed by atoms with van der Waals surface area (Å²) in [5, 5.41) is 10.1. The highest BCUT2D eigenvalue weighted by molar-refractivity contribution is 9.10. The molecule has 0 fully saturated rings. The lowest BCUT2D eigenvalue weighted by Gasteiger charge is -2.15. The summed E-state index contributed by atoms with van der Waals surface area (Å²) in [5.74, 6) is -2.39. The molecule has 1 unspecified atom stereocenters. The summed E-state index contributed by atoms with van der Waals surface area (Å²) in [7, 11) is 1.28. The van der Waals surface area contributed by atoms with Crippen molar-refractivity contribution < 1.29 is 23.0 Å². The lowest BCUT2D eigenvalue weighted by atomic mass is 10.0. The first-order chi connectivity index (χ1) is 9.43. The average Bonchev–Trinajstić information content (AvgIpc) is 2.40. The highest BCUT2D eigenvalue weighted by Gasteiger charge is 2.21. The Morgan fingerprint density at radius 2 is 1.65 bits per heavy atom. The Morgan fingerprint density at radius 3 is 2.15 bits per heavy atom. The maximum absolute atomic E-state index is 13.8. The highest BCUT2D eigenvalue weighted by Crippen LogP contribution is 2.31. The Kier molecular flexibility index (Phi) is 4.35. The van der Waals surface area contributed by atoms with Crippen molar-refractivity contribution in [2.24, 2.45) is 0 Å². The van der Waals surface area contributed by atoms with Gasteiger partial charge in [0.25, 0.3) is 0 Å². The molecule has 20 heavy (non-hydrogen) atoms. The molecule has 0 saturated carbocycles. The van der Waals surface area contributed by atoms with E-state index in [-0.39, 0.29) is 15.8 Å². The minimum Gasteiger partial charge on any atom is -0.497 e. The van der Waals surface area contributed by atoms with Crippen molar-refractivity contribution >= 4 is 15.9 Å². The Morgan fingerprint density at radius 1 is 1.05 bits per heavy atom. The van der Waals surface area contributed by atoms with Crippen molar-refractivity contribution in [3.8, 4) is 5.75 Å². The molecule has 0 aliphatic carbocycles. The highest BCUT2D eigenvalue weighted by atomic mass is 79.9. The second kappa shape index (κ2) is 5.85. The molecule has 0 amide bonds.